The number of benzene rings is 6. The standard InChI is InChI=1S/C48H31N5/c1-3-9-40-38(7-1)46-41(48(40,34-23-27-49-28-24-34)35-25-29-50-30-26-35)21-22-45-47(46)39-8-2-5-11-43(39)53(45)37-19-15-33(16-20-37)32-13-17-36(18-14-32)52-31-51-42-10-4-6-12-44(42)52/h1-31H. The van der Waals surface area contributed by atoms with Crippen LogP contribution in [-0.4, -0.2) is 24.1 Å². The minimum atomic E-state index is -0.517. The van der Waals surface area contributed by atoms with E-state index in [1.807, 2.05) is 43.2 Å². The first-order chi connectivity index (χ1) is 26.3. The molecule has 0 bridgehead atoms. The Morgan fingerprint density at radius 3 is 1.77 bits per heavy atom. The van der Waals surface area contributed by atoms with Gasteiger partial charge in [0, 0.05) is 46.9 Å². The van der Waals surface area contributed by atoms with Crippen LogP contribution in [0.25, 0.3) is 66.5 Å². The summed E-state index contributed by atoms with van der Waals surface area (Å²) < 4.78 is 4.56. The molecule has 0 spiro atoms. The zero-order valence-corrected chi connectivity index (χ0v) is 28.6. The van der Waals surface area contributed by atoms with Gasteiger partial charge >= 0.3 is 0 Å². The molecular formula is C48H31N5. The van der Waals surface area contributed by atoms with Crippen LogP contribution in [-0.2, 0) is 5.41 Å². The van der Waals surface area contributed by atoms with Gasteiger partial charge in [-0.05, 0) is 117 Å². The number of imidazole rings is 1. The van der Waals surface area contributed by atoms with E-state index in [9.17, 15) is 0 Å². The Kier molecular flexibility index (Phi) is 6.40. The highest BCUT2D eigenvalue weighted by Gasteiger charge is 2.47. The van der Waals surface area contributed by atoms with E-state index in [1.165, 1.54) is 66.3 Å². The molecule has 0 saturated carbocycles. The maximum absolute atomic E-state index is 4.57. The van der Waals surface area contributed by atoms with Gasteiger partial charge in [-0.2, -0.15) is 0 Å². The van der Waals surface area contributed by atoms with Gasteiger partial charge in [-0.25, -0.2) is 4.98 Å². The number of pyridine rings is 2. The zero-order chi connectivity index (χ0) is 34.9. The number of nitrogens with zero attached hydrogens (tertiary/aromatic N) is 5. The molecule has 0 atom stereocenters. The molecule has 0 N–H and O–H groups in total. The van der Waals surface area contributed by atoms with Gasteiger partial charge in [-0.1, -0.05) is 84.9 Å². The lowest BCUT2D eigenvalue weighted by Crippen LogP contribution is -2.28. The van der Waals surface area contributed by atoms with Crippen LogP contribution < -0.4 is 0 Å². The monoisotopic (exact) mass is 677 g/mol. The van der Waals surface area contributed by atoms with Gasteiger partial charge in [0.05, 0.1) is 27.5 Å². The Balaban J connectivity index is 1.08. The minimum absolute atomic E-state index is 0.517. The van der Waals surface area contributed by atoms with Crippen molar-refractivity contribution >= 4 is 32.8 Å². The van der Waals surface area contributed by atoms with Crippen molar-refractivity contribution < 1.29 is 0 Å². The fourth-order valence-corrected chi connectivity index (χ4v) is 8.88. The van der Waals surface area contributed by atoms with E-state index in [2.05, 4.69) is 170 Å². The van der Waals surface area contributed by atoms with E-state index in [0.717, 1.165) is 22.4 Å². The summed E-state index contributed by atoms with van der Waals surface area (Å²) in [5.41, 5.74) is 16.0. The van der Waals surface area contributed by atoms with Crippen LogP contribution in [0.1, 0.15) is 22.3 Å². The maximum atomic E-state index is 4.57. The highest BCUT2D eigenvalue weighted by atomic mass is 15.0. The predicted molar refractivity (Wildman–Crippen MR) is 214 cm³/mol. The van der Waals surface area contributed by atoms with E-state index in [0.29, 0.717) is 0 Å². The quantitative estimate of drug-likeness (QED) is 0.182. The van der Waals surface area contributed by atoms with Gasteiger partial charge in [-0.3, -0.25) is 14.5 Å². The number of para-hydroxylation sites is 3. The molecule has 4 heterocycles. The third-order valence-corrected chi connectivity index (χ3v) is 11.1. The highest BCUT2D eigenvalue weighted by molar-refractivity contribution is 6.18. The molecular weight excluding hydrogens is 647 g/mol. The molecule has 4 aromatic heterocycles. The summed E-state index contributed by atoms with van der Waals surface area (Å²) in [4.78, 5) is 13.4. The van der Waals surface area contributed by atoms with Crippen LogP contribution in [0.3, 0.4) is 0 Å². The van der Waals surface area contributed by atoms with Crippen molar-refractivity contribution in [3.63, 3.8) is 0 Å². The number of fused-ring (bicyclic) bond motifs is 8. The molecule has 10 aromatic rings. The van der Waals surface area contributed by atoms with Gasteiger partial charge in [-0.15, -0.1) is 0 Å². The fourth-order valence-electron chi connectivity index (χ4n) is 8.88. The third-order valence-electron chi connectivity index (χ3n) is 11.1. The molecule has 0 amide bonds. The van der Waals surface area contributed by atoms with Crippen LogP contribution in [0.15, 0.2) is 189 Å². The molecule has 5 nitrogen and oxygen atoms in total. The van der Waals surface area contributed by atoms with Crippen molar-refractivity contribution in [1.29, 1.82) is 0 Å². The van der Waals surface area contributed by atoms with Crippen LogP contribution in [0.4, 0.5) is 0 Å². The lowest BCUT2D eigenvalue weighted by Gasteiger charge is -2.33. The molecule has 0 fully saturated rings. The van der Waals surface area contributed by atoms with Crippen LogP contribution in [0.5, 0.6) is 0 Å². The van der Waals surface area contributed by atoms with Crippen molar-refractivity contribution in [2.75, 3.05) is 0 Å². The van der Waals surface area contributed by atoms with E-state index in [-0.39, 0.29) is 0 Å². The first-order valence-electron chi connectivity index (χ1n) is 17.9. The molecule has 0 unspecified atom stereocenters. The van der Waals surface area contributed by atoms with Crippen molar-refractivity contribution in [2.45, 2.75) is 5.41 Å². The number of aromatic nitrogens is 5. The van der Waals surface area contributed by atoms with Gasteiger partial charge < -0.3 is 4.57 Å². The van der Waals surface area contributed by atoms with Crippen molar-refractivity contribution in [3.8, 4) is 33.6 Å². The molecule has 1 aliphatic rings. The Hall–Kier alpha value is -7.11. The summed E-state index contributed by atoms with van der Waals surface area (Å²) in [5, 5.41) is 2.50. The molecule has 53 heavy (non-hydrogen) atoms. The summed E-state index contributed by atoms with van der Waals surface area (Å²) >= 11 is 0. The topological polar surface area (TPSA) is 48.5 Å². The summed E-state index contributed by atoms with van der Waals surface area (Å²) in [6.07, 6.45) is 9.52. The molecule has 0 radical (unpaired) electrons. The second kappa shape index (κ2) is 11.5. The summed E-state index contributed by atoms with van der Waals surface area (Å²) in [5.74, 6) is 0. The average molecular weight is 678 g/mol. The van der Waals surface area contributed by atoms with Gasteiger partial charge in [0.1, 0.15) is 6.33 Å². The summed E-state index contributed by atoms with van der Waals surface area (Å²) in [6, 6.07) is 57.0. The Bertz CT molecular complexity index is 2940. The zero-order valence-electron chi connectivity index (χ0n) is 28.6. The van der Waals surface area contributed by atoms with Gasteiger partial charge in [0.15, 0.2) is 0 Å². The molecule has 0 aliphatic heterocycles. The molecule has 1 aliphatic carbocycles. The highest BCUT2D eigenvalue weighted by Crippen LogP contribution is 2.58. The largest absolute Gasteiger partial charge is 0.309 e. The van der Waals surface area contributed by atoms with E-state index in [1.54, 1.807) is 0 Å². The molecule has 11 rings (SSSR count). The van der Waals surface area contributed by atoms with Crippen LogP contribution >= 0.6 is 0 Å². The summed E-state index contributed by atoms with van der Waals surface area (Å²) in [7, 11) is 0. The predicted octanol–water partition coefficient (Wildman–Crippen LogP) is 10.9. The minimum Gasteiger partial charge on any atom is -0.309 e. The van der Waals surface area contributed by atoms with Gasteiger partial charge in [0.2, 0.25) is 0 Å². The fraction of sp³-hybridized carbons (Fsp3) is 0.0208. The first kappa shape index (κ1) is 29.6. The van der Waals surface area contributed by atoms with E-state index in [4.69, 9.17) is 0 Å². The van der Waals surface area contributed by atoms with E-state index >= 15 is 0 Å². The molecule has 0 saturated heterocycles. The Labute approximate surface area is 306 Å². The summed E-state index contributed by atoms with van der Waals surface area (Å²) in [6.45, 7) is 0. The lowest BCUT2D eigenvalue weighted by molar-refractivity contribution is 0.764. The number of hydrogen-bond acceptors (Lipinski definition) is 3. The van der Waals surface area contributed by atoms with Crippen LogP contribution in [0.2, 0.25) is 0 Å². The van der Waals surface area contributed by atoms with Crippen molar-refractivity contribution in [2.24, 2.45) is 0 Å². The number of hydrogen-bond donors (Lipinski definition) is 0. The SMILES string of the molecule is c1ccc2c(c1)-c1c(ccc3c1c1ccccc1n3-c1ccc(-c3ccc(-n4cnc5ccccc54)cc3)cc1)C2(c1ccncc1)c1ccncc1. The second-order valence-electron chi connectivity index (χ2n) is 13.7. The van der Waals surface area contributed by atoms with Crippen molar-refractivity contribution in [1.82, 2.24) is 24.1 Å². The molecule has 6 aromatic carbocycles. The molecule has 248 valence electrons. The normalized spacial score (nSPS) is 13.1. The molecule has 5 heteroatoms. The Morgan fingerprint density at radius 1 is 0.453 bits per heavy atom. The van der Waals surface area contributed by atoms with Crippen molar-refractivity contribution in [3.05, 3.63) is 211 Å². The average Bonchev–Trinajstić information content (AvgIpc) is 3.91. The van der Waals surface area contributed by atoms with Gasteiger partial charge in [0.25, 0.3) is 0 Å². The third kappa shape index (κ3) is 4.22. The Morgan fingerprint density at radius 2 is 1.06 bits per heavy atom. The number of rotatable bonds is 5. The van der Waals surface area contributed by atoms with Crippen LogP contribution in [0, 0.1) is 0 Å². The smallest absolute Gasteiger partial charge is 0.100 e. The second-order valence-corrected chi connectivity index (χ2v) is 13.7. The van der Waals surface area contributed by atoms with E-state index < -0.39 is 5.41 Å². The first-order valence-corrected chi connectivity index (χ1v) is 17.9. The maximum Gasteiger partial charge on any atom is 0.100 e. The lowest BCUT2D eigenvalue weighted by atomic mass is 9.68.